The van der Waals surface area contributed by atoms with Crippen LogP contribution < -0.4 is 5.73 Å². The molecule has 2 bridgehead atoms. The fraction of sp³-hybridized carbons (Fsp3) is 0.611. The number of likely N-dealkylation sites (tertiary alicyclic amines) is 1. The highest BCUT2D eigenvalue weighted by Crippen LogP contribution is 2.52. The van der Waals surface area contributed by atoms with Crippen LogP contribution in [0.15, 0.2) is 24.3 Å². The maximum absolute atomic E-state index is 12.9. The zero-order valence-corrected chi connectivity index (χ0v) is 15.4. The number of nitrogens with zero attached hydrogens (tertiary/aromatic N) is 1. The van der Waals surface area contributed by atoms with E-state index in [-0.39, 0.29) is 24.2 Å². The van der Waals surface area contributed by atoms with Crippen molar-refractivity contribution in [1.29, 1.82) is 0 Å². The summed E-state index contributed by atoms with van der Waals surface area (Å²) in [6, 6.07) is 6.62. The smallest absolute Gasteiger partial charge is 0.366 e. The fourth-order valence-electron chi connectivity index (χ4n) is 4.56. The molecule has 0 radical (unpaired) electrons. The molecular weight excluding hydrogens is 369 g/mol. The van der Waals surface area contributed by atoms with E-state index in [2.05, 4.69) is 4.90 Å². The van der Waals surface area contributed by atoms with Crippen molar-refractivity contribution < 1.29 is 22.7 Å². The highest BCUT2D eigenvalue weighted by atomic mass is 35.5. The van der Waals surface area contributed by atoms with E-state index < -0.39 is 24.3 Å². The van der Waals surface area contributed by atoms with E-state index in [1.54, 1.807) is 24.3 Å². The van der Waals surface area contributed by atoms with Crippen molar-refractivity contribution >= 4 is 18.3 Å². The van der Waals surface area contributed by atoms with Gasteiger partial charge in [0, 0.05) is 30.5 Å². The molecule has 3 rings (SSSR count). The summed E-state index contributed by atoms with van der Waals surface area (Å²) in [5, 5.41) is 0. The number of carbonyl (C=O) groups is 1. The van der Waals surface area contributed by atoms with Crippen LogP contribution in [0, 0.1) is 11.8 Å². The van der Waals surface area contributed by atoms with Crippen LogP contribution in [0.4, 0.5) is 13.2 Å². The van der Waals surface area contributed by atoms with Gasteiger partial charge in [-0.05, 0) is 37.6 Å². The number of nitrogens with two attached hydrogens (primary N) is 1. The lowest BCUT2D eigenvalue weighted by molar-refractivity contribution is -0.251. The highest BCUT2D eigenvalue weighted by molar-refractivity contribution is 5.92. The fourth-order valence-corrected chi connectivity index (χ4v) is 4.56. The van der Waals surface area contributed by atoms with Gasteiger partial charge in [-0.1, -0.05) is 18.6 Å². The number of fused-ring (bicyclic) bond motifs is 2. The van der Waals surface area contributed by atoms with Crippen LogP contribution in [0.3, 0.4) is 0 Å². The van der Waals surface area contributed by atoms with Crippen LogP contribution >= 0.6 is 12.4 Å². The standard InChI is InChI=1S/C18H23F3N2O2.ClH/c1-23-9-14-6-3-7-15(10-23)18(14,25-11-17(19,20)21)13-5-2-4-12(8-13)16(22)24;/h2,4-5,8,14-15H,3,6-7,9-11H2,1H3,(H2,22,24);1H. The first-order valence-corrected chi connectivity index (χ1v) is 8.52. The number of amides is 1. The number of carbonyl (C=O) groups excluding carboxylic acids is 1. The monoisotopic (exact) mass is 392 g/mol. The number of ether oxygens (including phenoxy) is 1. The molecule has 1 saturated heterocycles. The molecule has 2 aliphatic rings. The van der Waals surface area contributed by atoms with E-state index in [9.17, 15) is 18.0 Å². The minimum Gasteiger partial charge on any atom is -0.366 e. The Labute approximate surface area is 157 Å². The molecule has 1 aromatic carbocycles. The molecule has 26 heavy (non-hydrogen) atoms. The van der Waals surface area contributed by atoms with Gasteiger partial charge < -0.3 is 15.4 Å². The lowest BCUT2D eigenvalue weighted by atomic mass is 9.62. The van der Waals surface area contributed by atoms with Gasteiger partial charge in [-0.15, -0.1) is 12.4 Å². The first-order chi connectivity index (χ1) is 11.7. The van der Waals surface area contributed by atoms with Crippen molar-refractivity contribution in [3.63, 3.8) is 0 Å². The zero-order chi connectivity index (χ0) is 18.2. The number of piperidine rings is 1. The van der Waals surface area contributed by atoms with Gasteiger partial charge in [0.2, 0.25) is 5.91 Å². The Hall–Kier alpha value is -1.31. The molecule has 2 atom stereocenters. The van der Waals surface area contributed by atoms with Gasteiger partial charge in [0.15, 0.2) is 0 Å². The van der Waals surface area contributed by atoms with E-state index >= 15 is 0 Å². The molecule has 2 fully saturated rings. The molecule has 2 N–H and O–H groups in total. The molecule has 1 aromatic rings. The summed E-state index contributed by atoms with van der Waals surface area (Å²) in [7, 11) is 1.98. The average molecular weight is 393 g/mol. The number of primary amides is 1. The SMILES string of the molecule is CN1CC2CCCC(C1)C2(OCC(F)(F)F)c1cccc(C(N)=O)c1.Cl. The van der Waals surface area contributed by atoms with Crippen molar-refractivity contribution in [1.82, 2.24) is 4.90 Å². The van der Waals surface area contributed by atoms with E-state index in [4.69, 9.17) is 10.5 Å². The molecule has 8 heteroatoms. The second kappa shape index (κ2) is 7.74. The van der Waals surface area contributed by atoms with E-state index in [1.807, 2.05) is 7.05 Å². The van der Waals surface area contributed by atoms with Gasteiger partial charge in [-0.25, -0.2) is 0 Å². The molecule has 1 saturated carbocycles. The van der Waals surface area contributed by atoms with Gasteiger partial charge in [-0.2, -0.15) is 13.2 Å². The molecule has 0 spiro atoms. The summed E-state index contributed by atoms with van der Waals surface area (Å²) in [4.78, 5) is 13.7. The van der Waals surface area contributed by atoms with E-state index in [0.29, 0.717) is 24.2 Å². The number of alkyl halides is 3. The van der Waals surface area contributed by atoms with Crippen LogP contribution in [-0.2, 0) is 10.3 Å². The second-order valence-electron chi connectivity index (χ2n) is 7.19. The lowest BCUT2D eigenvalue weighted by Gasteiger charge is -2.55. The van der Waals surface area contributed by atoms with Crippen LogP contribution in [-0.4, -0.2) is 43.7 Å². The maximum atomic E-state index is 12.9. The summed E-state index contributed by atoms with van der Waals surface area (Å²) in [5.41, 5.74) is 5.28. The molecule has 1 aliphatic heterocycles. The largest absolute Gasteiger partial charge is 0.411 e. The van der Waals surface area contributed by atoms with Crippen LogP contribution in [0.2, 0.25) is 0 Å². The number of benzene rings is 1. The van der Waals surface area contributed by atoms with E-state index in [1.165, 1.54) is 0 Å². The maximum Gasteiger partial charge on any atom is 0.411 e. The lowest BCUT2D eigenvalue weighted by Crippen LogP contribution is -2.59. The summed E-state index contributed by atoms with van der Waals surface area (Å²) in [6.07, 6.45) is -1.80. The van der Waals surface area contributed by atoms with Gasteiger partial charge in [0.25, 0.3) is 0 Å². The van der Waals surface area contributed by atoms with Gasteiger partial charge in [-0.3, -0.25) is 4.79 Å². The summed E-state index contributed by atoms with van der Waals surface area (Å²) >= 11 is 0. The summed E-state index contributed by atoms with van der Waals surface area (Å²) < 4.78 is 44.5. The number of hydrogen-bond acceptors (Lipinski definition) is 3. The predicted octanol–water partition coefficient (Wildman–Crippen LogP) is 3.34. The van der Waals surface area contributed by atoms with Gasteiger partial charge in [0.1, 0.15) is 12.2 Å². The Balaban J connectivity index is 0.00000243. The second-order valence-corrected chi connectivity index (χ2v) is 7.19. The number of hydrogen-bond donors (Lipinski definition) is 1. The molecule has 1 amide bonds. The average Bonchev–Trinajstić information content (AvgIpc) is 2.52. The molecule has 1 heterocycles. The molecule has 146 valence electrons. The van der Waals surface area contributed by atoms with Crippen molar-refractivity contribution in [2.45, 2.75) is 31.0 Å². The first kappa shape index (κ1) is 21.0. The predicted molar refractivity (Wildman–Crippen MR) is 94.2 cm³/mol. The molecule has 0 aromatic heterocycles. The normalized spacial score (nSPS) is 29.1. The minimum atomic E-state index is -4.40. The molecule has 4 nitrogen and oxygen atoms in total. The van der Waals surface area contributed by atoms with Crippen LogP contribution in [0.5, 0.6) is 0 Å². The quantitative estimate of drug-likeness (QED) is 0.855. The first-order valence-electron chi connectivity index (χ1n) is 8.52. The topological polar surface area (TPSA) is 55.6 Å². The van der Waals surface area contributed by atoms with E-state index in [0.717, 1.165) is 19.3 Å². The molecular formula is C18H24ClF3N2O2. The summed E-state index contributed by atoms with van der Waals surface area (Å²) in [6.45, 7) is 0.0643. The van der Waals surface area contributed by atoms with Gasteiger partial charge in [0.05, 0.1) is 0 Å². The van der Waals surface area contributed by atoms with Crippen LogP contribution in [0.25, 0.3) is 0 Å². The third-order valence-corrected chi connectivity index (χ3v) is 5.46. The third kappa shape index (κ3) is 4.00. The van der Waals surface area contributed by atoms with Crippen molar-refractivity contribution in [2.24, 2.45) is 17.6 Å². The Bertz CT molecular complexity index is 640. The minimum absolute atomic E-state index is 0. The van der Waals surface area contributed by atoms with Gasteiger partial charge >= 0.3 is 6.18 Å². The Morgan fingerprint density at radius 3 is 2.46 bits per heavy atom. The third-order valence-electron chi connectivity index (χ3n) is 5.46. The Kier molecular flexibility index (Phi) is 6.25. The molecule has 1 aliphatic carbocycles. The highest BCUT2D eigenvalue weighted by Gasteiger charge is 2.54. The van der Waals surface area contributed by atoms with Crippen LogP contribution in [0.1, 0.15) is 35.2 Å². The Morgan fingerprint density at radius 1 is 1.31 bits per heavy atom. The van der Waals surface area contributed by atoms with Crippen molar-refractivity contribution in [3.05, 3.63) is 35.4 Å². The zero-order valence-electron chi connectivity index (χ0n) is 14.6. The van der Waals surface area contributed by atoms with Crippen molar-refractivity contribution in [2.75, 3.05) is 26.7 Å². The molecule has 2 unspecified atom stereocenters. The van der Waals surface area contributed by atoms with Crippen molar-refractivity contribution in [3.8, 4) is 0 Å². The number of rotatable bonds is 4. The summed E-state index contributed by atoms with van der Waals surface area (Å²) in [5.74, 6) is -0.683. The Morgan fingerprint density at radius 2 is 1.92 bits per heavy atom. The number of halogens is 4.